The minimum Gasteiger partial charge on any atom is -0.479 e. The van der Waals surface area contributed by atoms with E-state index in [1.54, 1.807) is 5.48 Å². The molecule has 0 aliphatic carbocycles. The Morgan fingerprint density at radius 3 is 2.72 bits per heavy atom. The molecule has 1 rings (SSSR count). The fraction of sp³-hybridized carbons (Fsp3) is 0.111. The average molecular weight is 275 g/mol. The molecule has 0 saturated carbocycles. The molecule has 9 heteroatoms. The Morgan fingerprint density at radius 2 is 2.17 bits per heavy atom. The maximum absolute atomic E-state index is 11.6. The molecule has 2 N–H and O–H groups in total. The molecule has 0 aliphatic rings. The van der Waals surface area contributed by atoms with E-state index in [4.69, 9.17) is 16.7 Å². The fourth-order valence-electron chi connectivity index (χ4n) is 1.10. The topological polar surface area (TPSA) is 119 Å². The van der Waals surface area contributed by atoms with Gasteiger partial charge < -0.3 is 5.11 Å². The van der Waals surface area contributed by atoms with Gasteiger partial charge >= 0.3 is 5.97 Å². The molecule has 0 atom stereocenters. The van der Waals surface area contributed by atoms with Crippen molar-refractivity contribution in [3.05, 3.63) is 38.9 Å². The van der Waals surface area contributed by atoms with E-state index < -0.39 is 34.7 Å². The molecular weight excluding hydrogens is 268 g/mol. The first-order valence-corrected chi connectivity index (χ1v) is 4.88. The molecular formula is C9H7ClN2O6. The van der Waals surface area contributed by atoms with Gasteiger partial charge in [-0.25, -0.2) is 10.3 Å². The first kappa shape index (κ1) is 13.9. The van der Waals surface area contributed by atoms with Gasteiger partial charge in [0, 0.05) is 6.07 Å². The first-order valence-electron chi connectivity index (χ1n) is 4.50. The van der Waals surface area contributed by atoms with Crippen LogP contribution in [0.4, 0.5) is 5.69 Å². The third-order valence-electron chi connectivity index (χ3n) is 1.78. The molecule has 96 valence electrons. The third kappa shape index (κ3) is 3.40. The number of hydrogen-bond donors (Lipinski definition) is 2. The summed E-state index contributed by atoms with van der Waals surface area (Å²) in [4.78, 5) is 35.9. The van der Waals surface area contributed by atoms with E-state index in [0.717, 1.165) is 6.07 Å². The number of nitro benzene ring substituents is 1. The van der Waals surface area contributed by atoms with Crippen LogP contribution in [-0.2, 0) is 9.63 Å². The largest absolute Gasteiger partial charge is 0.479 e. The molecule has 0 fully saturated rings. The number of halogens is 1. The summed E-state index contributed by atoms with van der Waals surface area (Å²) in [5.41, 5.74) is 0.863. The predicted molar refractivity (Wildman–Crippen MR) is 59.2 cm³/mol. The predicted octanol–water partition coefficient (Wildman–Crippen LogP) is 0.994. The van der Waals surface area contributed by atoms with Crippen molar-refractivity contribution >= 4 is 29.2 Å². The number of carbonyl (C=O) groups is 2. The Hall–Kier alpha value is -2.19. The lowest BCUT2D eigenvalue weighted by molar-refractivity contribution is -0.385. The number of nitrogens with zero attached hydrogens (tertiary/aromatic N) is 1. The molecule has 0 radical (unpaired) electrons. The Kier molecular flexibility index (Phi) is 4.58. The maximum Gasteiger partial charge on any atom is 0.332 e. The highest BCUT2D eigenvalue weighted by Crippen LogP contribution is 2.25. The van der Waals surface area contributed by atoms with E-state index in [0.29, 0.717) is 0 Å². The Bertz CT molecular complexity index is 504. The third-order valence-corrected chi connectivity index (χ3v) is 2.09. The normalized spacial score (nSPS) is 9.83. The number of carboxylic acids is 1. The Labute approximate surface area is 105 Å². The van der Waals surface area contributed by atoms with Gasteiger partial charge in [-0.15, -0.1) is 0 Å². The van der Waals surface area contributed by atoms with Crippen molar-refractivity contribution in [3.63, 3.8) is 0 Å². The van der Waals surface area contributed by atoms with Gasteiger partial charge in [0.05, 0.1) is 9.95 Å². The molecule has 18 heavy (non-hydrogen) atoms. The van der Waals surface area contributed by atoms with E-state index in [-0.39, 0.29) is 5.02 Å². The molecule has 0 bridgehead atoms. The van der Waals surface area contributed by atoms with Crippen LogP contribution in [0.2, 0.25) is 5.02 Å². The maximum atomic E-state index is 11.6. The molecule has 1 aromatic rings. The molecule has 1 amide bonds. The van der Waals surface area contributed by atoms with Crippen LogP contribution >= 0.6 is 11.6 Å². The second-order valence-corrected chi connectivity index (χ2v) is 3.41. The SMILES string of the molecule is O=C(O)CONC(=O)c1c(Cl)cccc1[N+](=O)[O-]. The van der Waals surface area contributed by atoms with E-state index in [1.807, 2.05) is 0 Å². The molecule has 8 nitrogen and oxygen atoms in total. The minimum atomic E-state index is -1.30. The number of aliphatic carboxylic acids is 1. The zero-order chi connectivity index (χ0) is 13.7. The lowest BCUT2D eigenvalue weighted by Crippen LogP contribution is -2.27. The van der Waals surface area contributed by atoms with Gasteiger partial charge in [0.25, 0.3) is 11.6 Å². The van der Waals surface area contributed by atoms with Crippen molar-refractivity contribution in [3.8, 4) is 0 Å². The van der Waals surface area contributed by atoms with Crippen LogP contribution in [0.3, 0.4) is 0 Å². The van der Waals surface area contributed by atoms with Crippen molar-refractivity contribution in [2.75, 3.05) is 6.61 Å². The molecule has 0 heterocycles. The summed E-state index contributed by atoms with van der Waals surface area (Å²) in [6, 6.07) is 3.70. The van der Waals surface area contributed by atoms with Crippen molar-refractivity contribution in [2.45, 2.75) is 0 Å². The van der Waals surface area contributed by atoms with Crippen molar-refractivity contribution in [1.82, 2.24) is 5.48 Å². The van der Waals surface area contributed by atoms with Gasteiger partial charge in [0.15, 0.2) is 6.61 Å². The number of benzene rings is 1. The standard InChI is InChI=1S/C9H7ClN2O6/c10-5-2-1-3-6(12(16)17)8(5)9(15)11-18-4-7(13)14/h1-3H,4H2,(H,11,15)(H,13,14). The van der Waals surface area contributed by atoms with E-state index in [1.165, 1.54) is 12.1 Å². The highest BCUT2D eigenvalue weighted by Gasteiger charge is 2.23. The zero-order valence-electron chi connectivity index (χ0n) is 8.75. The van der Waals surface area contributed by atoms with Gasteiger partial charge in [-0.2, -0.15) is 0 Å². The number of hydroxylamine groups is 1. The minimum absolute atomic E-state index is 0.138. The number of nitro groups is 1. The van der Waals surface area contributed by atoms with E-state index >= 15 is 0 Å². The lowest BCUT2D eigenvalue weighted by atomic mass is 10.1. The number of hydrogen-bond acceptors (Lipinski definition) is 5. The second-order valence-electron chi connectivity index (χ2n) is 3.00. The van der Waals surface area contributed by atoms with Crippen molar-refractivity contribution in [2.24, 2.45) is 0 Å². The quantitative estimate of drug-likeness (QED) is 0.610. The molecule has 0 spiro atoms. The number of nitrogens with one attached hydrogen (secondary N) is 1. The van der Waals surface area contributed by atoms with Gasteiger partial charge in [0.1, 0.15) is 5.56 Å². The average Bonchev–Trinajstić information content (AvgIpc) is 2.27. The first-order chi connectivity index (χ1) is 8.43. The van der Waals surface area contributed by atoms with Gasteiger partial charge in [0.2, 0.25) is 0 Å². The molecule has 0 saturated heterocycles. The summed E-state index contributed by atoms with van der Waals surface area (Å²) >= 11 is 5.67. The summed E-state index contributed by atoms with van der Waals surface area (Å²) in [5.74, 6) is -2.29. The smallest absolute Gasteiger partial charge is 0.332 e. The van der Waals surface area contributed by atoms with Crippen LogP contribution in [0, 0.1) is 10.1 Å². The summed E-state index contributed by atoms with van der Waals surface area (Å²) in [6.07, 6.45) is 0. The zero-order valence-corrected chi connectivity index (χ0v) is 9.51. The summed E-state index contributed by atoms with van der Waals surface area (Å²) in [7, 11) is 0. The molecule has 0 aromatic heterocycles. The molecule has 0 unspecified atom stereocenters. The van der Waals surface area contributed by atoms with Crippen molar-refractivity contribution < 1.29 is 24.5 Å². The summed E-state index contributed by atoms with van der Waals surface area (Å²) < 4.78 is 0. The van der Waals surface area contributed by atoms with Gasteiger partial charge in [-0.05, 0) is 6.07 Å². The van der Waals surface area contributed by atoms with Crippen molar-refractivity contribution in [1.29, 1.82) is 0 Å². The van der Waals surface area contributed by atoms with Gasteiger partial charge in [-0.3, -0.25) is 19.7 Å². The van der Waals surface area contributed by atoms with Crippen LogP contribution in [0.25, 0.3) is 0 Å². The highest BCUT2D eigenvalue weighted by atomic mass is 35.5. The van der Waals surface area contributed by atoms with E-state index in [2.05, 4.69) is 4.84 Å². The van der Waals surface area contributed by atoms with Crippen LogP contribution < -0.4 is 5.48 Å². The number of rotatable bonds is 5. The number of carbonyl (C=O) groups excluding carboxylic acids is 1. The fourth-order valence-corrected chi connectivity index (χ4v) is 1.36. The van der Waals surface area contributed by atoms with Crippen LogP contribution in [0.15, 0.2) is 18.2 Å². The Balaban J connectivity index is 2.91. The molecule has 0 aliphatic heterocycles. The van der Waals surface area contributed by atoms with Gasteiger partial charge in [-0.1, -0.05) is 17.7 Å². The lowest BCUT2D eigenvalue weighted by Gasteiger charge is -2.06. The highest BCUT2D eigenvalue weighted by molar-refractivity contribution is 6.34. The number of amides is 1. The summed E-state index contributed by atoms with van der Waals surface area (Å²) in [6.45, 7) is -0.774. The summed E-state index contributed by atoms with van der Waals surface area (Å²) in [5, 5.41) is 18.8. The second kappa shape index (κ2) is 5.94. The van der Waals surface area contributed by atoms with Crippen LogP contribution in [0.5, 0.6) is 0 Å². The monoisotopic (exact) mass is 274 g/mol. The van der Waals surface area contributed by atoms with Crippen LogP contribution in [-0.4, -0.2) is 28.5 Å². The van der Waals surface area contributed by atoms with Crippen LogP contribution in [0.1, 0.15) is 10.4 Å². The molecule has 1 aromatic carbocycles. The Morgan fingerprint density at radius 1 is 1.50 bits per heavy atom. The van der Waals surface area contributed by atoms with E-state index in [9.17, 15) is 19.7 Å². The number of carboxylic acid groups (broad SMARTS) is 1.